The molecule has 2 fully saturated rings. The fraction of sp³-hybridized carbons (Fsp3) is 1.00. The van der Waals surface area contributed by atoms with E-state index in [9.17, 15) is 0 Å². The molecule has 0 amide bonds. The summed E-state index contributed by atoms with van der Waals surface area (Å²) in [5.41, 5.74) is 5.81. The van der Waals surface area contributed by atoms with Crippen LogP contribution in [0.15, 0.2) is 0 Å². The normalized spacial score (nSPS) is 46.1. The van der Waals surface area contributed by atoms with Gasteiger partial charge in [0.1, 0.15) is 0 Å². The molecule has 0 radical (unpaired) electrons. The van der Waals surface area contributed by atoms with E-state index >= 15 is 0 Å². The molecule has 1 saturated carbocycles. The zero-order valence-electron chi connectivity index (χ0n) is 11.2. The molecule has 5 atom stereocenters. The molecule has 2 N–H and O–H groups in total. The quantitative estimate of drug-likeness (QED) is 0.781. The second-order valence-corrected chi connectivity index (χ2v) is 6.30. The van der Waals surface area contributed by atoms with Crippen molar-refractivity contribution in [2.75, 3.05) is 13.1 Å². The first kappa shape index (κ1) is 12.4. The van der Waals surface area contributed by atoms with Crippen LogP contribution in [0.3, 0.4) is 0 Å². The summed E-state index contributed by atoms with van der Waals surface area (Å²) in [6, 6.07) is 1.61. The number of hydrogen-bond acceptors (Lipinski definition) is 2. The van der Waals surface area contributed by atoms with Gasteiger partial charge < -0.3 is 5.73 Å². The van der Waals surface area contributed by atoms with E-state index in [4.69, 9.17) is 5.73 Å². The first-order valence-corrected chi connectivity index (χ1v) is 7.07. The van der Waals surface area contributed by atoms with Crippen molar-refractivity contribution in [3.05, 3.63) is 0 Å². The minimum absolute atomic E-state index is 0.754. The summed E-state index contributed by atoms with van der Waals surface area (Å²) in [6.45, 7) is 9.36. The molecule has 2 nitrogen and oxygen atoms in total. The Morgan fingerprint density at radius 1 is 1.06 bits per heavy atom. The highest BCUT2D eigenvalue weighted by molar-refractivity contribution is 4.90. The zero-order chi connectivity index (χ0) is 11.7. The molecule has 1 aliphatic heterocycles. The van der Waals surface area contributed by atoms with Crippen LogP contribution < -0.4 is 5.73 Å². The summed E-state index contributed by atoms with van der Waals surface area (Å²) < 4.78 is 0. The van der Waals surface area contributed by atoms with Crippen LogP contribution in [0.5, 0.6) is 0 Å². The van der Waals surface area contributed by atoms with E-state index in [1.807, 2.05) is 0 Å². The fourth-order valence-corrected chi connectivity index (χ4v) is 3.67. The summed E-state index contributed by atoms with van der Waals surface area (Å²) >= 11 is 0. The Labute approximate surface area is 101 Å². The lowest BCUT2D eigenvalue weighted by atomic mass is 9.78. The first-order valence-electron chi connectivity index (χ1n) is 7.07. The molecule has 0 aromatic carbocycles. The Balaban J connectivity index is 1.93. The second-order valence-electron chi connectivity index (χ2n) is 6.30. The molecular formula is C14H28N2. The van der Waals surface area contributed by atoms with Gasteiger partial charge in [-0.3, -0.25) is 4.90 Å². The van der Waals surface area contributed by atoms with Gasteiger partial charge in [0.15, 0.2) is 0 Å². The Bertz CT molecular complexity index is 229. The summed E-state index contributed by atoms with van der Waals surface area (Å²) in [6.07, 6.45) is 5.55. The maximum atomic E-state index is 5.81. The van der Waals surface area contributed by atoms with Crippen molar-refractivity contribution in [2.45, 2.75) is 58.5 Å². The third-order valence-corrected chi connectivity index (χ3v) is 5.08. The van der Waals surface area contributed by atoms with Crippen LogP contribution in [0, 0.1) is 17.8 Å². The highest BCUT2D eigenvalue weighted by atomic mass is 15.2. The fourth-order valence-electron chi connectivity index (χ4n) is 3.67. The molecule has 2 heteroatoms. The molecule has 0 aromatic heterocycles. The van der Waals surface area contributed by atoms with E-state index in [0.29, 0.717) is 0 Å². The van der Waals surface area contributed by atoms with E-state index in [-0.39, 0.29) is 0 Å². The van der Waals surface area contributed by atoms with Crippen LogP contribution in [0.2, 0.25) is 0 Å². The second kappa shape index (κ2) is 5.05. The molecule has 2 rings (SSSR count). The lowest BCUT2D eigenvalue weighted by molar-refractivity contribution is 0.102. The summed E-state index contributed by atoms with van der Waals surface area (Å²) in [4.78, 5) is 2.75. The van der Waals surface area contributed by atoms with Crippen LogP contribution >= 0.6 is 0 Å². The maximum absolute atomic E-state index is 5.81. The first-order chi connectivity index (χ1) is 7.61. The molecule has 5 unspecified atom stereocenters. The molecular weight excluding hydrogens is 196 g/mol. The Morgan fingerprint density at radius 2 is 1.81 bits per heavy atom. The van der Waals surface area contributed by atoms with Crippen LogP contribution in [0.4, 0.5) is 0 Å². The molecule has 1 heterocycles. The van der Waals surface area contributed by atoms with Crippen LogP contribution in [0.1, 0.15) is 46.5 Å². The third-order valence-electron chi connectivity index (χ3n) is 5.08. The highest BCUT2D eigenvalue weighted by Crippen LogP contribution is 2.36. The Morgan fingerprint density at radius 3 is 2.38 bits per heavy atom. The van der Waals surface area contributed by atoms with Crippen LogP contribution in [-0.4, -0.2) is 30.1 Å². The van der Waals surface area contributed by atoms with E-state index in [1.165, 1.54) is 32.2 Å². The molecule has 0 spiro atoms. The maximum Gasteiger partial charge on any atom is 0.0101 e. The number of rotatable bonds is 2. The highest BCUT2D eigenvalue weighted by Gasteiger charge is 2.36. The van der Waals surface area contributed by atoms with Crippen molar-refractivity contribution in [1.82, 2.24) is 4.90 Å². The van der Waals surface area contributed by atoms with Gasteiger partial charge in [-0.15, -0.1) is 0 Å². The predicted octanol–water partition coefficient (Wildman–Crippen LogP) is 2.48. The smallest absolute Gasteiger partial charge is 0.0101 e. The average Bonchev–Trinajstić information content (AvgIpc) is 2.64. The predicted molar refractivity (Wildman–Crippen MR) is 69.3 cm³/mol. The molecule has 1 saturated heterocycles. The van der Waals surface area contributed by atoms with E-state index in [1.54, 1.807) is 0 Å². The lowest BCUT2D eigenvalue weighted by Crippen LogP contribution is -2.42. The summed E-state index contributed by atoms with van der Waals surface area (Å²) in [7, 11) is 0. The third kappa shape index (κ3) is 2.43. The SMILES string of the molecule is CC1CCC(N2CC(CN)CC2C)CC1C. The van der Waals surface area contributed by atoms with E-state index < -0.39 is 0 Å². The van der Waals surface area contributed by atoms with Gasteiger partial charge in [-0.1, -0.05) is 13.8 Å². The zero-order valence-corrected chi connectivity index (χ0v) is 11.2. The van der Waals surface area contributed by atoms with Gasteiger partial charge in [0.05, 0.1) is 0 Å². The summed E-state index contributed by atoms with van der Waals surface area (Å²) in [5, 5.41) is 0. The topological polar surface area (TPSA) is 29.3 Å². The van der Waals surface area contributed by atoms with Gasteiger partial charge in [0.25, 0.3) is 0 Å². The van der Waals surface area contributed by atoms with Crippen molar-refractivity contribution in [2.24, 2.45) is 23.5 Å². The van der Waals surface area contributed by atoms with E-state index in [0.717, 1.165) is 36.4 Å². The molecule has 2 aliphatic rings. The van der Waals surface area contributed by atoms with Gasteiger partial charge in [0.2, 0.25) is 0 Å². The Hall–Kier alpha value is -0.0800. The molecule has 1 aliphatic carbocycles. The van der Waals surface area contributed by atoms with Gasteiger partial charge in [-0.2, -0.15) is 0 Å². The number of nitrogens with two attached hydrogens (primary N) is 1. The van der Waals surface area contributed by atoms with Gasteiger partial charge in [-0.25, -0.2) is 0 Å². The number of likely N-dealkylation sites (tertiary alicyclic amines) is 1. The van der Waals surface area contributed by atoms with Gasteiger partial charge in [0, 0.05) is 18.6 Å². The minimum Gasteiger partial charge on any atom is -0.330 e. The van der Waals surface area contributed by atoms with Crippen molar-refractivity contribution in [3.8, 4) is 0 Å². The largest absolute Gasteiger partial charge is 0.330 e. The van der Waals surface area contributed by atoms with E-state index in [2.05, 4.69) is 25.7 Å². The van der Waals surface area contributed by atoms with Gasteiger partial charge >= 0.3 is 0 Å². The molecule has 94 valence electrons. The summed E-state index contributed by atoms with van der Waals surface area (Å²) in [5.74, 6) is 2.59. The molecule has 0 aromatic rings. The lowest BCUT2D eigenvalue weighted by Gasteiger charge is -2.39. The van der Waals surface area contributed by atoms with Crippen molar-refractivity contribution in [1.29, 1.82) is 0 Å². The molecule has 0 bridgehead atoms. The van der Waals surface area contributed by atoms with Crippen LogP contribution in [-0.2, 0) is 0 Å². The average molecular weight is 224 g/mol. The number of nitrogens with zero attached hydrogens (tertiary/aromatic N) is 1. The van der Waals surface area contributed by atoms with Gasteiger partial charge in [-0.05, 0) is 56.9 Å². The van der Waals surface area contributed by atoms with Crippen LogP contribution in [0.25, 0.3) is 0 Å². The van der Waals surface area contributed by atoms with Crippen molar-refractivity contribution < 1.29 is 0 Å². The monoisotopic (exact) mass is 224 g/mol. The van der Waals surface area contributed by atoms with Crippen molar-refractivity contribution >= 4 is 0 Å². The minimum atomic E-state index is 0.754. The standard InChI is InChI=1S/C14H28N2/c1-10-4-5-14(6-11(10)2)16-9-13(8-15)7-12(16)3/h10-14H,4-9,15H2,1-3H3. The van der Waals surface area contributed by atoms with Crippen molar-refractivity contribution in [3.63, 3.8) is 0 Å². The molecule has 16 heavy (non-hydrogen) atoms. The number of hydrogen-bond donors (Lipinski definition) is 1. The Kier molecular flexibility index (Phi) is 3.91.